The van der Waals surface area contributed by atoms with Gasteiger partial charge >= 0.3 is 0 Å². The Kier molecular flexibility index (Phi) is 4.67. The number of halogens is 2. The maximum atomic E-state index is 13.9. The Morgan fingerprint density at radius 1 is 1.21 bits per heavy atom. The lowest BCUT2D eigenvalue weighted by Crippen LogP contribution is -2.54. The highest BCUT2D eigenvalue weighted by atomic mass is 19.3. The number of rotatable bonds is 3. The van der Waals surface area contributed by atoms with E-state index in [1.807, 2.05) is 6.07 Å². The van der Waals surface area contributed by atoms with Crippen LogP contribution in [0, 0.1) is 0 Å². The van der Waals surface area contributed by atoms with E-state index in [2.05, 4.69) is 5.32 Å². The Bertz CT molecular complexity index is 844. The van der Waals surface area contributed by atoms with Crippen molar-refractivity contribution in [3.05, 3.63) is 34.9 Å². The molecule has 7 nitrogen and oxygen atoms in total. The summed E-state index contributed by atoms with van der Waals surface area (Å²) in [5.41, 5.74) is 7.61. The standard InChI is InChI=1S/C19H22F2N4O3/c20-19(21)10-24(6-5-15(19)22)8-11-1-2-13-12(7-11)9-25(18(13)28)14-3-4-16(26)23-17(14)27/h1-2,7,14-15H,3-6,8-10,22H2,(H,23,26,27). The van der Waals surface area contributed by atoms with Crippen molar-refractivity contribution in [2.75, 3.05) is 13.1 Å². The molecule has 3 N–H and O–H groups in total. The van der Waals surface area contributed by atoms with E-state index in [1.54, 1.807) is 17.0 Å². The van der Waals surface area contributed by atoms with E-state index >= 15 is 0 Å². The third-order valence-corrected chi connectivity index (χ3v) is 5.73. The molecule has 0 aromatic heterocycles. The highest BCUT2D eigenvalue weighted by molar-refractivity contribution is 6.05. The molecule has 0 radical (unpaired) electrons. The van der Waals surface area contributed by atoms with Gasteiger partial charge < -0.3 is 10.6 Å². The van der Waals surface area contributed by atoms with E-state index in [0.29, 0.717) is 25.1 Å². The Hall–Kier alpha value is -2.39. The van der Waals surface area contributed by atoms with Crippen molar-refractivity contribution in [1.29, 1.82) is 0 Å². The minimum Gasteiger partial charge on any atom is -0.323 e. The zero-order chi connectivity index (χ0) is 20.1. The molecule has 0 aliphatic carbocycles. The highest BCUT2D eigenvalue weighted by Crippen LogP contribution is 2.30. The van der Waals surface area contributed by atoms with Gasteiger partial charge in [0.25, 0.3) is 11.8 Å². The Morgan fingerprint density at radius 2 is 2.00 bits per heavy atom. The molecule has 3 aliphatic heterocycles. The van der Waals surface area contributed by atoms with Gasteiger partial charge in [-0.05, 0) is 30.0 Å². The summed E-state index contributed by atoms with van der Waals surface area (Å²) in [6.07, 6.45) is 0.743. The van der Waals surface area contributed by atoms with Gasteiger partial charge in [-0.1, -0.05) is 12.1 Å². The number of piperidine rings is 2. The van der Waals surface area contributed by atoms with Crippen LogP contribution in [0.1, 0.15) is 40.7 Å². The summed E-state index contributed by atoms with van der Waals surface area (Å²) in [5, 5.41) is 2.27. The van der Waals surface area contributed by atoms with Gasteiger partial charge in [-0.2, -0.15) is 0 Å². The van der Waals surface area contributed by atoms with Gasteiger partial charge in [-0.25, -0.2) is 8.78 Å². The SMILES string of the molecule is NC1CCN(Cc2ccc3c(c2)CN(C2CCC(=O)NC2=O)C3=O)CC1(F)F. The van der Waals surface area contributed by atoms with Crippen LogP contribution in [0.3, 0.4) is 0 Å². The smallest absolute Gasteiger partial charge is 0.275 e. The highest BCUT2D eigenvalue weighted by Gasteiger charge is 2.42. The number of amides is 3. The summed E-state index contributed by atoms with van der Waals surface area (Å²) < 4.78 is 27.7. The average molecular weight is 392 g/mol. The number of benzene rings is 1. The molecule has 0 spiro atoms. The molecule has 0 saturated carbocycles. The molecule has 2 saturated heterocycles. The number of carbonyl (C=O) groups excluding carboxylic acids is 3. The summed E-state index contributed by atoms with van der Waals surface area (Å²) in [7, 11) is 0. The average Bonchev–Trinajstić information content (AvgIpc) is 2.94. The van der Waals surface area contributed by atoms with Crippen LogP contribution >= 0.6 is 0 Å². The molecule has 28 heavy (non-hydrogen) atoms. The molecule has 3 heterocycles. The predicted molar refractivity (Wildman–Crippen MR) is 95.3 cm³/mol. The quantitative estimate of drug-likeness (QED) is 0.735. The molecule has 2 atom stereocenters. The van der Waals surface area contributed by atoms with Gasteiger partial charge in [0.05, 0.1) is 12.6 Å². The summed E-state index contributed by atoms with van der Waals surface area (Å²) in [5.74, 6) is -3.94. The van der Waals surface area contributed by atoms with Gasteiger partial charge in [0.15, 0.2) is 0 Å². The summed E-state index contributed by atoms with van der Waals surface area (Å²) in [6.45, 7) is 0.735. The van der Waals surface area contributed by atoms with E-state index in [4.69, 9.17) is 5.73 Å². The van der Waals surface area contributed by atoms with Crippen LogP contribution in [-0.4, -0.2) is 58.6 Å². The van der Waals surface area contributed by atoms with Crippen LogP contribution in [-0.2, 0) is 22.7 Å². The first kappa shape index (κ1) is 18.9. The fourth-order valence-corrected chi connectivity index (χ4v) is 4.15. The maximum absolute atomic E-state index is 13.9. The van der Waals surface area contributed by atoms with Crippen molar-refractivity contribution < 1.29 is 23.2 Å². The van der Waals surface area contributed by atoms with Crippen molar-refractivity contribution in [2.24, 2.45) is 5.73 Å². The summed E-state index contributed by atoms with van der Waals surface area (Å²) in [4.78, 5) is 39.3. The molecule has 1 aromatic rings. The number of nitrogens with one attached hydrogen (secondary N) is 1. The molecular weight excluding hydrogens is 370 g/mol. The number of nitrogens with two attached hydrogens (primary N) is 1. The number of hydrogen-bond acceptors (Lipinski definition) is 5. The maximum Gasteiger partial charge on any atom is 0.275 e. The number of alkyl halides is 2. The molecule has 0 bridgehead atoms. The fraction of sp³-hybridized carbons (Fsp3) is 0.526. The molecule has 150 valence electrons. The van der Waals surface area contributed by atoms with Crippen molar-refractivity contribution >= 4 is 17.7 Å². The normalized spacial score (nSPS) is 27.7. The number of nitrogens with zero attached hydrogens (tertiary/aromatic N) is 2. The van der Waals surface area contributed by atoms with Gasteiger partial charge in [-0.3, -0.25) is 24.6 Å². The third-order valence-electron chi connectivity index (χ3n) is 5.73. The first-order valence-corrected chi connectivity index (χ1v) is 9.37. The molecule has 2 fully saturated rings. The summed E-state index contributed by atoms with van der Waals surface area (Å²) >= 11 is 0. The van der Waals surface area contributed by atoms with Crippen molar-refractivity contribution in [1.82, 2.24) is 15.1 Å². The fourth-order valence-electron chi connectivity index (χ4n) is 4.15. The zero-order valence-electron chi connectivity index (χ0n) is 15.3. The number of likely N-dealkylation sites (tertiary alicyclic amines) is 1. The van der Waals surface area contributed by atoms with E-state index in [-0.39, 0.29) is 37.7 Å². The second-order valence-corrected chi connectivity index (χ2v) is 7.76. The molecule has 9 heteroatoms. The van der Waals surface area contributed by atoms with Crippen LogP contribution in [0.5, 0.6) is 0 Å². The topological polar surface area (TPSA) is 95.7 Å². The van der Waals surface area contributed by atoms with Crippen LogP contribution in [0.4, 0.5) is 8.78 Å². The summed E-state index contributed by atoms with van der Waals surface area (Å²) in [6, 6.07) is 3.52. The number of fused-ring (bicyclic) bond motifs is 1. The van der Waals surface area contributed by atoms with Crippen LogP contribution in [0.2, 0.25) is 0 Å². The molecule has 4 rings (SSSR count). The lowest BCUT2D eigenvalue weighted by atomic mass is 10.0. The zero-order valence-corrected chi connectivity index (χ0v) is 15.3. The number of carbonyl (C=O) groups is 3. The van der Waals surface area contributed by atoms with Gasteiger partial charge in [-0.15, -0.1) is 0 Å². The molecule has 1 aromatic carbocycles. The molecule has 3 amide bonds. The largest absolute Gasteiger partial charge is 0.323 e. The minimum absolute atomic E-state index is 0.201. The van der Waals surface area contributed by atoms with Gasteiger partial charge in [0.2, 0.25) is 11.8 Å². The van der Waals surface area contributed by atoms with Gasteiger partial charge in [0.1, 0.15) is 6.04 Å². The second-order valence-electron chi connectivity index (χ2n) is 7.76. The van der Waals surface area contributed by atoms with Crippen LogP contribution < -0.4 is 11.1 Å². The lowest BCUT2D eigenvalue weighted by molar-refractivity contribution is -0.136. The van der Waals surface area contributed by atoms with E-state index in [0.717, 1.165) is 11.1 Å². The van der Waals surface area contributed by atoms with Crippen LogP contribution in [0.25, 0.3) is 0 Å². The van der Waals surface area contributed by atoms with Crippen molar-refractivity contribution in [2.45, 2.75) is 50.4 Å². The number of hydrogen-bond donors (Lipinski definition) is 2. The van der Waals surface area contributed by atoms with E-state index in [9.17, 15) is 23.2 Å². The van der Waals surface area contributed by atoms with Crippen LogP contribution in [0.15, 0.2) is 18.2 Å². The number of imide groups is 1. The van der Waals surface area contributed by atoms with E-state index < -0.39 is 23.9 Å². The minimum atomic E-state index is -2.91. The third kappa shape index (κ3) is 3.40. The molecular formula is C19H22F2N4O3. The van der Waals surface area contributed by atoms with Crippen molar-refractivity contribution in [3.8, 4) is 0 Å². The first-order valence-electron chi connectivity index (χ1n) is 9.37. The first-order chi connectivity index (χ1) is 13.2. The van der Waals surface area contributed by atoms with Gasteiger partial charge in [0, 0.05) is 31.6 Å². The molecule has 2 unspecified atom stereocenters. The Balaban J connectivity index is 1.47. The Morgan fingerprint density at radius 3 is 2.71 bits per heavy atom. The van der Waals surface area contributed by atoms with E-state index in [1.165, 1.54) is 4.90 Å². The molecule has 3 aliphatic rings. The van der Waals surface area contributed by atoms with Crippen molar-refractivity contribution in [3.63, 3.8) is 0 Å². The monoisotopic (exact) mass is 392 g/mol. The lowest BCUT2D eigenvalue weighted by Gasteiger charge is -2.36. The second kappa shape index (κ2) is 6.89. The predicted octanol–water partition coefficient (Wildman–Crippen LogP) is 0.616. The Labute approximate surface area is 160 Å².